The van der Waals surface area contributed by atoms with Gasteiger partial charge in [-0.25, -0.2) is 4.79 Å². The van der Waals surface area contributed by atoms with Gasteiger partial charge in [0.1, 0.15) is 36.3 Å². The highest BCUT2D eigenvalue weighted by Gasteiger charge is 2.40. The Labute approximate surface area is 349 Å². The molecule has 2 aliphatic rings. The first-order valence-corrected chi connectivity index (χ1v) is 21.7. The van der Waals surface area contributed by atoms with E-state index in [1.807, 2.05) is 20.8 Å². The lowest BCUT2D eigenvalue weighted by Gasteiger charge is -2.31. The summed E-state index contributed by atoms with van der Waals surface area (Å²) in [6.45, 7) is 8.65. The van der Waals surface area contributed by atoms with Gasteiger partial charge in [-0.3, -0.25) is 38.4 Å². The maximum atomic E-state index is 14.0. The molecule has 8 amide bonds. The molecule has 2 rings (SSSR count). The number of primary amides is 1. The van der Waals surface area contributed by atoms with Crippen molar-refractivity contribution in [3.63, 3.8) is 0 Å². The third kappa shape index (κ3) is 16.6. The zero-order chi connectivity index (χ0) is 44.4. The molecule has 0 aromatic carbocycles. The first-order valence-electron chi connectivity index (χ1n) is 20.3. The van der Waals surface area contributed by atoms with E-state index in [0.717, 1.165) is 6.42 Å². The van der Waals surface area contributed by atoms with Crippen LogP contribution < -0.4 is 43.0 Å². The summed E-state index contributed by atoms with van der Waals surface area (Å²) in [5, 5.41) is 38.3. The van der Waals surface area contributed by atoms with Crippen LogP contribution in [0.2, 0.25) is 0 Å². The lowest BCUT2D eigenvalue weighted by molar-refractivity contribution is -0.146. The number of aliphatic carboxylic acids is 1. The predicted molar refractivity (Wildman–Crippen MR) is 218 cm³/mol. The van der Waals surface area contributed by atoms with Gasteiger partial charge in [-0.05, 0) is 82.3 Å². The number of carboxylic acid groups (broad SMARTS) is 1. The van der Waals surface area contributed by atoms with Crippen molar-refractivity contribution in [2.24, 2.45) is 17.6 Å². The fourth-order valence-electron chi connectivity index (χ4n) is 6.82. The Balaban J connectivity index is 2.13. The zero-order valence-corrected chi connectivity index (χ0v) is 35.8. The average molecular weight is 856 g/mol. The number of hydrogen-bond acceptors (Lipinski definition) is 12. The van der Waals surface area contributed by atoms with Gasteiger partial charge < -0.3 is 58.1 Å². The number of likely N-dealkylation sites (tertiary alicyclic amines) is 1. The highest BCUT2D eigenvalue weighted by atomic mass is 32.2. The van der Waals surface area contributed by atoms with E-state index in [-0.39, 0.29) is 44.1 Å². The molecule has 59 heavy (non-hydrogen) atoms. The smallest absolute Gasteiger partial charge is 0.326 e. The summed E-state index contributed by atoms with van der Waals surface area (Å²) >= 11 is 1.41. The summed E-state index contributed by atoms with van der Waals surface area (Å²) in [6.07, 6.45) is 2.91. The number of nitrogens with one attached hydrogen (secondary N) is 7. The van der Waals surface area contributed by atoms with E-state index in [9.17, 15) is 53.4 Å². The van der Waals surface area contributed by atoms with Gasteiger partial charge in [0.05, 0.1) is 18.7 Å². The normalized spacial score (nSPS) is 19.9. The molecule has 2 aliphatic heterocycles. The number of rotatable bonds is 25. The molecule has 0 saturated carbocycles. The largest absolute Gasteiger partial charge is 0.480 e. The molecule has 0 unspecified atom stereocenters. The van der Waals surface area contributed by atoms with Crippen LogP contribution >= 0.6 is 11.8 Å². The number of carbonyl (C=O) groups excluding carboxylic acids is 8. The second-order valence-electron chi connectivity index (χ2n) is 15.7. The molecule has 2 heterocycles. The molecule has 0 aromatic heterocycles. The number of carboxylic acids is 1. The van der Waals surface area contributed by atoms with Gasteiger partial charge >= 0.3 is 5.97 Å². The van der Waals surface area contributed by atoms with Crippen molar-refractivity contribution in [2.75, 3.05) is 31.6 Å². The van der Waals surface area contributed by atoms with Crippen LogP contribution in [0.5, 0.6) is 0 Å². The second-order valence-corrected chi connectivity index (χ2v) is 16.6. The molecule has 0 aromatic rings. The Morgan fingerprint density at radius 1 is 0.814 bits per heavy atom. The maximum absolute atomic E-state index is 14.0. The van der Waals surface area contributed by atoms with Crippen molar-refractivity contribution in [1.29, 1.82) is 0 Å². The minimum atomic E-state index is -1.58. The number of nitrogens with zero attached hydrogens (tertiary/aromatic N) is 1. The van der Waals surface area contributed by atoms with Crippen molar-refractivity contribution >= 4 is 65.0 Å². The van der Waals surface area contributed by atoms with Crippen molar-refractivity contribution < 1.29 is 53.4 Å². The van der Waals surface area contributed by atoms with Crippen LogP contribution in [0.1, 0.15) is 92.4 Å². The lowest BCUT2D eigenvalue weighted by Crippen LogP contribution is -2.59. The van der Waals surface area contributed by atoms with Crippen molar-refractivity contribution in [2.45, 2.75) is 141 Å². The monoisotopic (exact) mass is 855 g/mol. The second kappa shape index (κ2) is 25.2. The van der Waals surface area contributed by atoms with Crippen molar-refractivity contribution in [3.8, 4) is 0 Å². The van der Waals surface area contributed by atoms with Crippen LogP contribution in [0.15, 0.2) is 0 Å². The van der Waals surface area contributed by atoms with E-state index in [4.69, 9.17) is 5.73 Å². The van der Waals surface area contributed by atoms with Gasteiger partial charge in [0.25, 0.3) is 0 Å². The topological polar surface area (TPSA) is 308 Å². The number of hydrogen-bond donors (Lipinski definition) is 10. The average Bonchev–Trinajstić information content (AvgIpc) is 3.90. The molecule has 11 N–H and O–H groups in total. The molecule has 2 fully saturated rings. The molecule has 20 nitrogen and oxygen atoms in total. The van der Waals surface area contributed by atoms with Crippen LogP contribution in [0, 0.1) is 11.8 Å². The van der Waals surface area contributed by atoms with Gasteiger partial charge in [0.15, 0.2) is 0 Å². The number of thioether (sulfide) groups is 1. The summed E-state index contributed by atoms with van der Waals surface area (Å²) in [7, 11) is 0. The van der Waals surface area contributed by atoms with E-state index in [1.165, 1.54) is 23.6 Å². The summed E-state index contributed by atoms with van der Waals surface area (Å²) in [4.78, 5) is 118. The highest BCUT2D eigenvalue weighted by molar-refractivity contribution is 7.98. The number of amides is 8. The van der Waals surface area contributed by atoms with Gasteiger partial charge in [0, 0.05) is 13.0 Å². The zero-order valence-electron chi connectivity index (χ0n) is 35.0. The maximum Gasteiger partial charge on any atom is 0.326 e. The van der Waals surface area contributed by atoms with Crippen LogP contribution in [-0.4, -0.2) is 148 Å². The summed E-state index contributed by atoms with van der Waals surface area (Å²) < 4.78 is 0. The molecule has 9 atom stereocenters. The van der Waals surface area contributed by atoms with E-state index >= 15 is 0 Å². The molecule has 0 bridgehead atoms. The number of nitrogens with two attached hydrogens (primary N) is 1. The number of carbonyl (C=O) groups is 9. The quantitative estimate of drug-likeness (QED) is 0.0469. The molecule has 0 radical (unpaired) electrons. The van der Waals surface area contributed by atoms with E-state index < -0.39 is 108 Å². The first-order chi connectivity index (χ1) is 27.8. The van der Waals surface area contributed by atoms with Crippen molar-refractivity contribution in [1.82, 2.24) is 42.1 Å². The molecule has 334 valence electrons. The fraction of sp³-hybridized carbons (Fsp3) is 0.763. The van der Waals surface area contributed by atoms with Gasteiger partial charge in [-0.15, -0.1) is 0 Å². The number of aliphatic hydroxyl groups is 1. The van der Waals surface area contributed by atoms with E-state index in [1.54, 1.807) is 13.2 Å². The summed E-state index contributed by atoms with van der Waals surface area (Å²) in [6, 6.07) is -7.66. The standard InChI is InChI=1S/C38H65N9O11S/c1-7-21(4)30(38(57)58)45-35(54)27-11-9-16-47(27)37(56)26(18-20(2)3)44-33(52)25(14-17-59-6)42-29(50)19-41-36(55)31(22(5)48)46-34(53)24(12-13-28(39)49)43-32(51)23-10-8-15-40-23/h20-27,30-31,40,48H,7-19H2,1-6H3,(H2,39,49)(H,41,55)(H,42,50)(H,43,51)(H,44,52)(H,45,54)(H,46,53)(H,57,58)/t21-,22+,23-,24-,25-,26-,27-,30-,31-/m0/s1. The van der Waals surface area contributed by atoms with Crippen LogP contribution in [0.4, 0.5) is 0 Å². The van der Waals surface area contributed by atoms with Gasteiger partial charge in [-0.2, -0.15) is 11.8 Å². The SMILES string of the molecule is CC[C@H](C)[C@H](NC(=O)[C@@H]1CCCN1C(=O)[C@H](CC(C)C)NC(=O)[C@H](CCSC)NC(=O)CNC(=O)[C@@H](NC(=O)[C@H](CCC(N)=O)NC(=O)[C@@H]1CCCN1)[C@@H](C)O)C(=O)O. The molecule has 2 saturated heterocycles. The lowest BCUT2D eigenvalue weighted by atomic mass is 9.98. The van der Waals surface area contributed by atoms with Gasteiger partial charge in [-0.1, -0.05) is 34.1 Å². The Morgan fingerprint density at radius 3 is 2.03 bits per heavy atom. The van der Waals surface area contributed by atoms with E-state index in [0.29, 0.717) is 38.0 Å². The fourth-order valence-corrected chi connectivity index (χ4v) is 7.29. The van der Waals surface area contributed by atoms with Crippen molar-refractivity contribution in [3.05, 3.63) is 0 Å². The Hall–Kier alpha value is -4.50. The first kappa shape index (κ1) is 50.6. The molecule has 0 aliphatic carbocycles. The molecular formula is C38H65N9O11S. The van der Waals surface area contributed by atoms with Gasteiger partial charge in [0.2, 0.25) is 47.3 Å². The minimum Gasteiger partial charge on any atom is -0.480 e. The Kier molecular flexibility index (Phi) is 21.6. The summed E-state index contributed by atoms with van der Waals surface area (Å²) in [5.74, 6) is -6.73. The summed E-state index contributed by atoms with van der Waals surface area (Å²) in [5.41, 5.74) is 5.26. The van der Waals surface area contributed by atoms with Crippen LogP contribution in [0.3, 0.4) is 0 Å². The predicted octanol–water partition coefficient (Wildman–Crippen LogP) is -2.15. The van der Waals surface area contributed by atoms with Crippen LogP contribution in [0.25, 0.3) is 0 Å². The highest BCUT2D eigenvalue weighted by Crippen LogP contribution is 2.22. The molecular weight excluding hydrogens is 791 g/mol. The number of aliphatic hydroxyl groups excluding tert-OH is 1. The van der Waals surface area contributed by atoms with Crippen LogP contribution in [-0.2, 0) is 43.2 Å². The third-order valence-corrected chi connectivity index (χ3v) is 11.0. The molecule has 0 spiro atoms. The van der Waals surface area contributed by atoms with E-state index in [2.05, 4.69) is 37.2 Å². The Morgan fingerprint density at radius 2 is 1.47 bits per heavy atom. The third-order valence-electron chi connectivity index (χ3n) is 10.4. The Bertz CT molecular complexity index is 1490. The molecule has 21 heteroatoms. The minimum absolute atomic E-state index is 0.0725.